The highest BCUT2D eigenvalue weighted by Crippen LogP contribution is 2.26. The highest BCUT2D eigenvalue weighted by atomic mass is 14.8. The molecule has 0 fully saturated rings. The summed E-state index contributed by atoms with van der Waals surface area (Å²) in [4.78, 5) is 4.25. The van der Waals surface area contributed by atoms with Crippen LogP contribution in [-0.4, -0.2) is 13.3 Å². The number of nitrogens with one attached hydrogen (secondary N) is 1. The second-order valence-electron chi connectivity index (χ2n) is 3.90. The van der Waals surface area contributed by atoms with E-state index < -0.39 is 0 Å². The van der Waals surface area contributed by atoms with Crippen LogP contribution in [0.5, 0.6) is 0 Å². The molecule has 14 heavy (non-hydrogen) atoms. The number of aliphatic imine (C=N–C) groups is 1. The molecule has 1 atom stereocenters. The number of nitrogens with zero attached hydrogens (tertiary/aromatic N) is 1. The third-order valence-electron chi connectivity index (χ3n) is 2.44. The van der Waals surface area contributed by atoms with E-state index in [0.717, 1.165) is 0 Å². The number of hydrogen-bond donors (Lipinski definition) is 1. The summed E-state index contributed by atoms with van der Waals surface area (Å²) in [5.41, 5.74) is 0.0164. The van der Waals surface area contributed by atoms with Gasteiger partial charge in [-0.25, -0.2) is 0 Å². The van der Waals surface area contributed by atoms with Crippen molar-refractivity contribution in [3.05, 3.63) is 24.6 Å². The third kappa shape index (κ3) is 4.26. The van der Waals surface area contributed by atoms with Crippen LogP contribution in [0, 0.1) is 11.3 Å². The first-order valence-corrected chi connectivity index (χ1v) is 5.07. The van der Waals surface area contributed by atoms with E-state index >= 15 is 0 Å². The fraction of sp³-hybridized carbons (Fsp3) is 0.583. The van der Waals surface area contributed by atoms with Gasteiger partial charge in [-0.15, -0.1) is 0 Å². The van der Waals surface area contributed by atoms with Gasteiger partial charge in [0.1, 0.15) is 0 Å². The lowest BCUT2D eigenvalue weighted by atomic mass is 9.80. The number of allylic oxidation sites excluding steroid dienone is 2. The molecule has 1 unspecified atom stereocenters. The fourth-order valence-electron chi connectivity index (χ4n) is 0.937. The van der Waals surface area contributed by atoms with Gasteiger partial charge in [0.05, 0.1) is 0 Å². The highest BCUT2D eigenvalue weighted by Gasteiger charge is 2.22. The molecule has 0 heterocycles. The Morgan fingerprint density at radius 1 is 1.36 bits per heavy atom. The van der Waals surface area contributed by atoms with Crippen molar-refractivity contribution in [2.45, 2.75) is 27.7 Å². The van der Waals surface area contributed by atoms with Crippen molar-refractivity contribution in [1.29, 1.82) is 0 Å². The molecular weight excluding hydrogens is 172 g/mol. The quantitative estimate of drug-likeness (QED) is 0.668. The smallest absolute Gasteiger partial charge is 0.0247 e. The maximum Gasteiger partial charge on any atom is 0.0247 e. The minimum atomic E-state index is 0.0164. The summed E-state index contributed by atoms with van der Waals surface area (Å²) in [6.45, 7) is 8.54. The Morgan fingerprint density at radius 2 is 2.00 bits per heavy atom. The molecule has 0 saturated heterocycles. The van der Waals surface area contributed by atoms with Gasteiger partial charge in [0.2, 0.25) is 0 Å². The number of hydrogen-bond acceptors (Lipinski definition) is 2. The van der Waals surface area contributed by atoms with Crippen LogP contribution in [0.1, 0.15) is 27.7 Å². The minimum Gasteiger partial charge on any atom is -0.394 e. The van der Waals surface area contributed by atoms with E-state index in [9.17, 15) is 0 Å². The van der Waals surface area contributed by atoms with Crippen molar-refractivity contribution in [1.82, 2.24) is 5.32 Å². The van der Waals surface area contributed by atoms with Crippen LogP contribution in [0.4, 0.5) is 0 Å². The van der Waals surface area contributed by atoms with Crippen LogP contribution in [-0.2, 0) is 0 Å². The van der Waals surface area contributed by atoms with Crippen LogP contribution in [0.25, 0.3) is 0 Å². The first kappa shape index (κ1) is 12.9. The van der Waals surface area contributed by atoms with Gasteiger partial charge in [-0.3, -0.25) is 4.99 Å². The summed E-state index contributed by atoms with van der Waals surface area (Å²) < 4.78 is 0. The van der Waals surface area contributed by atoms with Gasteiger partial charge in [-0.05, 0) is 19.0 Å². The van der Waals surface area contributed by atoms with Crippen LogP contribution >= 0.6 is 0 Å². The molecule has 0 radical (unpaired) electrons. The fourth-order valence-corrected chi connectivity index (χ4v) is 0.937. The summed E-state index contributed by atoms with van der Waals surface area (Å²) in [6.07, 6.45) is 9.84. The second kappa shape index (κ2) is 6.41. The van der Waals surface area contributed by atoms with Crippen molar-refractivity contribution >= 4 is 6.21 Å². The zero-order valence-corrected chi connectivity index (χ0v) is 9.91. The SMILES string of the molecule is C/C=C/N=CC(C)(/C=C\NC)C(C)C. The molecular formula is C12H22N2. The summed E-state index contributed by atoms with van der Waals surface area (Å²) in [5.74, 6) is 0.529. The summed E-state index contributed by atoms with van der Waals surface area (Å²) in [5, 5.41) is 3.01. The van der Waals surface area contributed by atoms with Crippen molar-refractivity contribution in [3.8, 4) is 0 Å². The van der Waals surface area contributed by atoms with E-state index in [4.69, 9.17) is 0 Å². The summed E-state index contributed by atoms with van der Waals surface area (Å²) in [7, 11) is 1.90. The lowest BCUT2D eigenvalue weighted by Crippen LogP contribution is -2.23. The van der Waals surface area contributed by atoms with Gasteiger partial charge < -0.3 is 5.32 Å². The zero-order chi connectivity index (χ0) is 11.0. The molecule has 0 spiro atoms. The Labute approximate surface area is 87.8 Å². The molecule has 0 saturated carbocycles. The van der Waals surface area contributed by atoms with E-state index in [1.54, 1.807) is 0 Å². The zero-order valence-electron chi connectivity index (χ0n) is 9.91. The van der Waals surface area contributed by atoms with Crippen molar-refractivity contribution < 1.29 is 0 Å². The summed E-state index contributed by atoms with van der Waals surface area (Å²) >= 11 is 0. The molecule has 0 aromatic heterocycles. The molecule has 0 amide bonds. The van der Waals surface area contributed by atoms with E-state index in [0.29, 0.717) is 5.92 Å². The van der Waals surface area contributed by atoms with E-state index in [1.165, 1.54) is 0 Å². The molecule has 0 rings (SSSR count). The van der Waals surface area contributed by atoms with Crippen molar-refractivity contribution in [3.63, 3.8) is 0 Å². The standard InChI is InChI=1S/C12H22N2/c1-6-8-14-10-12(4,11(2)3)7-9-13-5/h6-11,13H,1-5H3/b8-6+,9-7-,14-10?. The Morgan fingerprint density at radius 3 is 2.43 bits per heavy atom. The van der Waals surface area contributed by atoms with E-state index in [-0.39, 0.29) is 5.41 Å². The van der Waals surface area contributed by atoms with Crippen LogP contribution in [0.2, 0.25) is 0 Å². The highest BCUT2D eigenvalue weighted by molar-refractivity contribution is 5.69. The molecule has 2 nitrogen and oxygen atoms in total. The normalized spacial score (nSPS) is 17.3. The molecule has 0 bridgehead atoms. The monoisotopic (exact) mass is 194 g/mol. The predicted molar refractivity (Wildman–Crippen MR) is 64.5 cm³/mol. The molecule has 0 aromatic rings. The third-order valence-corrected chi connectivity index (χ3v) is 2.44. The van der Waals surface area contributed by atoms with Crippen LogP contribution in [0.3, 0.4) is 0 Å². The number of rotatable bonds is 5. The average molecular weight is 194 g/mol. The Kier molecular flexibility index (Phi) is 5.93. The van der Waals surface area contributed by atoms with Gasteiger partial charge in [-0.2, -0.15) is 0 Å². The Balaban J connectivity index is 4.63. The molecule has 0 aliphatic rings. The molecule has 1 N–H and O–H groups in total. The van der Waals surface area contributed by atoms with Crippen molar-refractivity contribution in [2.75, 3.05) is 7.05 Å². The Bertz CT molecular complexity index is 226. The first-order chi connectivity index (χ1) is 6.56. The van der Waals surface area contributed by atoms with E-state index in [2.05, 4.69) is 37.2 Å². The lowest BCUT2D eigenvalue weighted by Gasteiger charge is -2.25. The lowest BCUT2D eigenvalue weighted by molar-refractivity contribution is 0.422. The molecule has 0 aliphatic carbocycles. The van der Waals surface area contributed by atoms with E-state index in [1.807, 2.05) is 38.7 Å². The van der Waals surface area contributed by atoms with Gasteiger partial charge >= 0.3 is 0 Å². The summed E-state index contributed by atoms with van der Waals surface area (Å²) in [6, 6.07) is 0. The average Bonchev–Trinajstić information content (AvgIpc) is 2.15. The largest absolute Gasteiger partial charge is 0.394 e. The molecule has 0 aromatic carbocycles. The van der Waals surface area contributed by atoms with Gasteiger partial charge in [0.25, 0.3) is 0 Å². The van der Waals surface area contributed by atoms with Gasteiger partial charge in [-0.1, -0.05) is 32.9 Å². The van der Waals surface area contributed by atoms with Gasteiger partial charge in [0.15, 0.2) is 0 Å². The Hall–Kier alpha value is -1.05. The second-order valence-corrected chi connectivity index (χ2v) is 3.90. The molecule has 80 valence electrons. The van der Waals surface area contributed by atoms with Gasteiger partial charge in [0, 0.05) is 24.9 Å². The molecule has 2 heteroatoms. The van der Waals surface area contributed by atoms with Crippen LogP contribution in [0.15, 0.2) is 29.5 Å². The maximum absolute atomic E-state index is 4.25. The van der Waals surface area contributed by atoms with Crippen molar-refractivity contribution in [2.24, 2.45) is 16.3 Å². The topological polar surface area (TPSA) is 24.4 Å². The first-order valence-electron chi connectivity index (χ1n) is 5.07. The maximum atomic E-state index is 4.25. The predicted octanol–water partition coefficient (Wildman–Crippen LogP) is 2.99. The molecule has 0 aliphatic heterocycles. The minimum absolute atomic E-state index is 0.0164. The van der Waals surface area contributed by atoms with Crippen LogP contribution < -0.4 is 5.32 Å².